The molecule has 1 saturated carbocycles. The van der Waals surface area contributed by atoms with Crippen molar-refractivity contribution in [3.05, 3.63) is 23.9 Å². The molecule has 1 unspecified atom stereocenters. The molecule has 1 atom stereocenters. The van der Waals surface area contributed by atoms with Crippen molar-refractivity contribution in [2.75, 3.05) is 20.1 Å². The van der Waals surface area contributed by atoms with E-state index in [0.29, 0.717) is 12.1 Å². The van der Waals surface area contributed by atoms with Crippen molar-refractivity contribution in [2.24, 2.45) is 11.3 Å². The SMILES string of the molecule is CN1C(=O)N(CC(=O)C2=CC=CNC2)C(=O)C(C)(C2CCCC2)C1=O. The molecule has 25 heavy (non-hydrogen) atoms. The second kappa shape index (κ2) is 6.46. The van der Waals surface area contributed by atoms with E-state index in [1.165, 1.54) is 7.05 Å². The molecule has 7 nitrogen and oxygen atoms in total. The third-order valence-corrected chi connectivity index (χ3v) is 5.59. The van der Waals surface area contributed by atoms with Gasteiger partial charge < -0.3 is 5.32 Å². The van der Waals surface area contributed by atoms with Crippen LogP contribution < -0.4 is 5.32 Å². The van der Waals surface area contributed by atoms with Gasteiger partial charge in [-0.05, 0) is 38.0 Å². The first-order valence-corrected chi connectivity index (χ1v) is 8.63. The normalized spacial score (nSPS) is 27.6. The number of nitrogens with zero attached hydrogens (tertiary/aromatic N) is 2. The van der Waals surface area contributed by atoms with Crippen molar-refractivity contribution in [2.45, 2.75) is 32.6 Å². The van der Waals surface area contributed by atoms with E-state index in [1.54, 1.807) is 25.3 Å². The molecule has 134 valence electrons. The van der Waals surface area contributed by atoms with Gasteiger partial charge in [-0.25, -0.2) is 4.79 Å². The van der Waals surface area contributed by atoms with Gasteiger partial charge in [0, 0.05) is 19.2 Å². The van der Waals surface area contributed by atoms with Crippen molar-refractivity contribution in [1.29, 1.82) is 0 Å². The van der Waals surface area contributed by atoms with Crippen LogP contribution in [-0.4, -0.2) is 53.6 Å². The van der Waals surface area contributed by atoms with E-state index in [4.69, 9.17) is 0 Å². The molecular formula is C18H23N3O4. The molecule has 0 bridgehead atoms. The number of hydrogen-bond donors (Lipinski definition) is 1. The maximum atomic E-state index is 13.1. The minimum atomic E-state index is -1.27. The molecule has 1 saturated heterocycles. The first-order valence-electron chi connectivity index (χ1n) is 8.63. The Morgan fingerprint density at radius 3 is 2.52 bits per heavy atom. The Hall–Kier alpha value is -2.44. The van der Waals surface area contributed by atoms with Crippen LogP contribution in [0.3, 0.4) is 0 Å². The molecule has 0 aromatic carbocycles. The molecule has 1 N–H and O–H groups in total. The Balaban J connectivity index is 1.87. The second-order valence-corrected chi connectivity index (χ2v) is 7.08. The average molecular weight is 345 g/mol. The molecule has 0 aromatic rings. The van der Waals surface area contributed by atoms with Crippen LogP contribution in [0.2, 0.25) is 0 Å². The third kappa shape index (κ3) is 2.77. The summed E-state index contributed by atoms with van der Waals surface area (Å²) in [6.45, 7) is 1.65. The van der Waals surface area contributed by atoms with Gasteiger partial charge in [0.2, 0.25) is 11.8 Å². The zero-order valence-electron chi connectivity index (χ0n) is 14.6. The molecule has 3 aliphatic rings. The number of barbiturate groups is 1. The maximum absolute atomic E-state index is 13.1. The highest BCUT2D eigenvalue weighted by atomic mass is 16.2. The monoisotopic (exact) mass is 345 g/mol. The van der Waals surface area contributed by atoms with Crippen LogP contribution in [0.4, 0.5) is 4.79 Å². The van der Waals surface area contributed by atoms with E-state index >= 15 is 0 Å². The Morgan fingerprint density at radius 1 is 1.24 bits per heavy atom. The van der Waals surface area contributed by atoms with E-state index in [9.17, 15) is 19.2 Å². The van der Waals surface area contributed by atoms with Crippen LogP contribution in [0.15, 0.2) is 23.9 Å². The van der Waals surface area contributed by atoms with Crippen LogP contribution in [-0.2, 0) is 14.4 Å². The Labute approximate surface area is 146 Å². The fourth-order valence-corrected chi connectivity index (χ4v) is 3.96. The fourth-order valence-electron chi connectivity index (χ4n) is 3.96. The molecule has 2 heterocycles. The van der Waals surface area contributed by atoms with E-state index in [2.05, 4.69) is 5.32 Å². The lowest BCUT2D eigenvalue weighted by Gasteiger charge is -2.43. The summed E-state index contributed by atoms with van der Waals surface area (Å²) in [5, 5.41) is 2.93. The van der Waals surface area contributed by atoms with E-state index in [0.717, 1.165) is 35.5 Å². The van der Waals surface area contributed by atoms with Gasteiger partial charge in [-0.1, -0.05) is 18.9 Å². The van der Waals surface area contributed by atoms with Gasteiger partial charge in [0.25, 0.3) is 0 Å². The van der Waals surface area contributed by atoms with Gasteiger partial charge in [0.05, 0.1) is 6.54 Å². The number of carbonyl (C=O) groups excluding carboxylic acids is 4. The fraction of sp³-hybridized carbons (Fsp3) is 0.556. The number of rotatable bonds is 4. The van der Waals surface area contributed by atoms with E-state index in [1.807, 2.05) is 0 Å². The van der Waals surface area contributed by atoms with E-state index in [-0.39, 0.29) is 18.2 Å². The average Bonchev–Trinajstić information content (AvgIpc) is 3.17. The summed E-state index contributed by atoms with van der Waals surface area (Å²) >= 11 is 0. The third-order valence-electron chi connectivity index (χ3n) is 5.59. The number of Topliss-reactive ketones (excluding diaryl/α,β-unsaturated/α-hetero) is 1. The summed E-state index contributed by atoms with van der Waals surface area (Å²) in [4.78, 5) is 52.7. The predicted molar refractivity (Wildman–Crippen MR) is 90.2 cm³/mol. The number of dihydropyridines is 1. The Kier molecular flexibility index (Phi) is 4.49. The molecule has 3 rings (SSSR count). The number of ketones is 1. The van der Waals surface area contributed by atoms with Crippen molar-refractivity contribution < 1.29 is 19.2 Å². The highest BCUT2D eigenvalue weighted by molar-refractivity contribution is 6.20. The van der Waals surface area contributed by atoms with Crippen LogP contribution in [0.25, 0.3) is 0 Å². The summed E-state index contributed by atoms with van der Waals surface area (Å²) in [5.41, 5.74) is -0.761. The standard InChI is InChI=1S/C18H23N3O4/c1-18(13-7-3-4-8-13)15(23)20(2)17(25)21(16(18)24)11-14(22)12-6-5-9-19-10-12/h5-6,9,13,19H,3-4,7-8,10-11H2,1-2H3. The van der Waals surface area contributed by atoms with Crippen molar-refractivity contribution in [3.8, 4) is 0 Å². The molecule has 0 radical (unpaired) electrons. The first-order chi connectivity index (χ1) is 11.9. The Morgan fingerprint density at radius 2 is 1.92 bits per heavy atom. The van der Waals surface area contributed by atoms with Gasteiger partial charge in [-0.15, -0.1) is 0 Å². The molecule has 0 aromatic heterocycles. The van der Waals surface area contributed by atoms with Crippen LogP contribution in [0.1, 0.15) is 32.6 Å². The minimum absolute atomic E-state index is 0.0841. The number of nitrogens with one attached hydrogen (secondary N) is 1. The first kappa shape index (κ1) is 17.4. The second-order valence-electron chi connectivity index (χ2n) is 7.08. The number of allylic oxidation sites excluding steroid dienone is 2. The van der Waals surface area contributed by atoms with Crippen molar-refractivity contribution in [3.63, 3.8) is 0 Å². The highest BCUT2D eigenvalue weighted by Gasteiger charge is 2.57. The summed E-state index contributed by atoms with van der Waals surface area (Å²) < 4.78 is 0. The zero-order valence-corrected chi connectivity index (χ0v) is 14.6. The number of amides is 4. The van der Waals surface area contributed by atoms with E-state index < -0.39 is 23.3 Å². The molecule has 2 fully saturated rings. The summed E-state index contributed by atoms with van der Waals surface area (Å²) in [5.74, 6) is -1.38. The summed E-state index contributed by atoms with van der Waals surface area (Å²) in [6.07, 6.45) is 8.62. The molecule has 2 aliphatic heterocycles. The lowest BCUT2D eigenvalue weighted by Crippen LogP contribution is -2.65. The number of hydrogen-bond acceptors (Lipinski definition) is 5. The number of carbonyl (C=O) groups is 4. The highest BCUT2D eigenvalue weighted by Crippen LogP contribution is 2.44. The molecule has 4 amide bonds. The summed E-state index contributed by atoms with van der Waals surface area (Å²) in [6, 6.07) is -0.723. The predicted octanol–water partition coefficient (Wildman–Crippen LogP) is 1.22. The van der Waals surface area contributed by atoms with Crippen LogP contribution >= 0.6 is 0 Å². The van der Waals surface area contributed by atoms with Crippen molar-refractivity contribution in [1.82, 2.24) is 15.1 Å². The zero-order chi connectivity index (χ0) is 18.2. The smallest absolute Gasteiger partial charge is 0.333 e. The van der Waals surface area contributed by atoms with Gasteiger partial charge >= 0.3 is 6.03 Å². The lowest BCUT2D eigenvalue weighted by atomic mass is 9.72. The van der Waals surface area contributed by atoms with Gasteiger partial charge in [-0.2, -0.15) is 0 Å². The quantitative estimate of drug-likeness (QED) is 0.774. The minimum Gasteiger partial charge on any atom is -0.387 e. The number of imide groups is 2. The molecule has 1 aliphatic carbocycles. The summed E-state index contributed by atoms with van der Waals surface area (Å²) in [7, 11) is 1.38. The van der Waals surface area contributed by atoms with Crippen LogP contribution in [0.5, 0.6) is 0 Å². The molecule has 7 heteroatoms. The van der Waals surface area contributed by atoms with Gasteiger partial charge in [0.15, 0.2) is 5.78 Å². The molecular weight excluding hydrogens is 322 g/mol. The molecule has 0 spiro atoms. The van der Waals surface area contributed by atoms with Gasteiger partial charge in [-0.3, -0.25) is 24.2 Å². The lowest BCUT2D eigenvalue weighted by molar-refractivity contribution is -0.161. The van der Waals surface area contributed by atoms with Crippen LogP contribution in [0, 0.1) is 11.3 Å². The maximum Gasteiger partial charge on any atom is 0.333 e. The number of urea groups is 1. The Bertz CT molecular complexity index is 690. The van der Waals surface area contributed by atoms with Gasteiger partial charge in [0.1, 0.15) is 5.41 Å². The topological polar surface area (TPSA) is 86.8 Å². The largest absolute Gasteiger partial charge is 0.387 e. The van der Waals surface area contributed by atoms with Crippen molar-refractivity contribution >= 4 is 23.6 Å².